The highest BCUT2D eigenvalue weighted by Gasteiger charge is 2.00. The summed E-state index contributed by atoms with van der Waals surface area (Å²) in [5.74, 6) is 0.453. The summed E-state index contributed by atoms with van der Waals surface area (Å²) in [6, 6.07) is 17.5. The van der Waals surface area contributed by atoms with Crippen LogP contribution in [0.1, 0.15) is 24.8 Å². The molecule has 128 valence electrons. The first kappa shape index (κ1) is 18.3. The fraction of sp³-hybridized carbons (Fsp3) is 0.238. The van der Waals surface area contributed by atoms with E-state index in [1.54, 1.807) is 0 Å². The summed E-state index contributed by atoms with van der Waals surface area (Å²) in [4.78, 5) is 10.9. The molecule has 4 nitrogen and oxygen atoms in total. The molecule has 0 saturated heterocycles. The number of nitriles is 1. The molecule has 0 spiro atoms. The molecule has 0 radical (unpaired) electrons. The van der Waals surface area contributed by atoms with E-state index in [9.17, 15) is 4.79 Å². The second-order valence-electron chi connectivity index (χ2n) is 5.49. The lowest BCUT2D eigenvalue weighted by atomic mass is 10.0. The van der Waals surface area contributed by atoms with Crippen molar-refractivity contribution in [1.29, 1.82) is 5.26 Å². The van der Waals surface area contributed by atoms with Crippen molar-refractivity contribution in [1.82, 2.24) is 0 Å². The monoisotopic (exact) mass is 335 g/mol. The van der Waals surface area contributed by atoms with Crippen LogP contribution in [0.3, 0.4) is 0 Å². The SMILES string of the molecule is C=CC(=O)OCCCCCOc1ccc(-c2ccc(C#N)cc2)cc1. The van der Waals surface area contributed by atoms with Crippen LogP contribution >= 0.6 is 0 Å². The molecule has 2 rings (SSSR count). The van der Waals surface area contributed by atoms with Gasteiger partial charge in [0.25, 0.3) is 0 Å². The minimum atomic E-state index is -0.376. The maximum Gasteiger partial charge on any atom is 0.330 e. The molecule has 0 bridgehead atoms. The van der Waals surface area contributed by atoms with Crippen molar-refractivity contribution in [3.63, 3.8) is 0 Å². The minimum absolute atomic E-state index is 0.376. The zero-order chi connectivity index (χ0) is 17.9. The third kappa shape index (κ3) is 6.15. The quantitative estimate of drug-likeness (QED) is 0.384. The minimum Gasteiger partial charge on any atom is -0.494 e. The second kappa shape index (κ2) is 9.94. The highest BCUT2D eigenvalue weighted by Crippen LogP contribution is 2.22. The Hall–Kier alpha value is -3.06. The lowest BCUT2D eigenvalue weighted by Gasteiger charge is -2.08. The topological polar surface area (TPSA) is 59.3 Å². The number of rotatable bonds is 9. The van der Waals surface area contributed by atoms with Crippen LogP contribution in [0.25, 0.3) is 11.1 Å². The summed E-state index contributed by atoms with van der Waals surface area (Å²) < 4.78 is 10.6. The van der Waals surface area contributed by atoms with Crippen molar-refractivity contribution in [2.24, 2.45) is 0 Å². The van der Waals surface area contributed by atoms with E-state index in [0.717, 1.165) is 36.1 Å². The standard InChI is InChI=1S/C21H21NO3/c1-2-21(23)25-15-5-3-4-14-24-20-12-10-19(11-13-20)18-8-6-17(16-22)7-9-18/h2,6-13H,1,3-5,14-15H2. The zero-order valence-electron chi connectivity index (χ0n) is 14.1. The van der Waals surface area contributed by atoms with Crippen LogP contribution in [-0.4, -0.2) is 19.2 Å². The Morgan fingerprint density at radius 3 is 2.16 bits per heavy atom. The number of hydrogen-bond donors (Lipinski definition) is 0. The fourth-order valence-electron chi connectivity index (χ4n) is 2.28. The molecule has 2 aromatic carbocycles. The molecule has 0 unspecified atom stereocenters. The van der Waals surface area contributed by atoms with E-state index in [4.69, 9.17) is 14.7 Å². The Bertz CT molecular complexity index is 727. The van der Waals surface area contributed by atoms with Gasteiger partial charge in [0, 0.05) is 6.08 Å². The molecule has 0 aliphatic carbocycles. The van der Waals surface area contributed by atoms with Crippen molar-refractivity contribution >= 4 is 5.97 Å². The van der Waals surface area contributed by atoms with Crippen LogP contribution in [0.15, 0.2) is 61.2 Å². The predicted molar refractivity (Wildman–Crippen MR) is 97.1 cm³/mol. The van der Waals surface area contributed by atoms with Gasteiger partial charge in [0.15, 0.2) is 0 Å². The van der Waals surface area contributed by atoms with E-state index in [1.165, 1.54) is 6.08 Å². The highest BCUT2D eigenvalue weighted by atomic mass is 16.5. The average Bonchev–Trinajstić information content (AvgIpc) is 2.67. The Balaban J connectivity index is 1.70. The lowest BCUT2D eigenvalue weighted by Crippen LogP contribution is -2.03. The average molecular weight is 335 g/mol. The number of hydrogen-bond acceptors (Lipinski definition) is 4. The van der Waals surface area contributed by atoms with Crippen LogP contribution in [0.4, 0.5) is 0 Å². The van der Waals surface area contributed by atoms with Crippen molar-refractivity contribution in [3.05, 3.63) is 66.7 Å². The van der Waals surface area contributed by atoms with Crippen molar-refractivity contribution in [2.75, 3.05) is 13.2 Å². The van der Waals surface area contributed by atoms with Gasteiger partial charge in [-0.25, -0.2) is 4.79 Å². The van der Waals surface area contributed by atoms with Gasteiger partial charge in [0.1, 0.15) is 5.75 Å². The number of carbonyl (C=O) groups excluding carboxylic acids is 1. The summed E-state index contributed by atoms with van der Waals surface area (Å²) in [7, 11) is 0. The fourth-order valence-corrected chi connectivity index (χ4v) is 2.28. The number of benzene rings is 2. The van der Waals surface area contributed by atoms with Crippen LogP contribution in [-0.2, 0) is 9.53 Å². The Labute approximate surface area is 148 Å². The number of unbranched alkanes of at least 4 members (excludes halogenated alkanes) is 2. The molecule has 0 aromatic heterocycles. The normalized spacial score (nSPS) is 9.88. The van der Waals surface area contributed by atoms with E-state index in [1.807, 2.05) is 48.5 Å². The maximum absolute atomic E-state index is 10.9. The molecule has 2 aromatic rings. The number of esters is 1. The van der Waals surface area contributed by atoms with Crippen molar-refractivity contribution < 1.29 is 14.3 Å². The second-order valence-corrected chi connectivity index (χ2v) is 5.49. The van der Waals surface area contributed by atoms with Crippen LogP contribution in [0, 0.1) is 11.3 Å². The predicted octanol–water partition coefficient (Wildman–Crippen LogP) is 4.50. The molecule has 0 N–H and O–H groups in total. The first-order chi connectivity index (χ1) is 12.2. The molecule has 0 aliphatic rings. The number of carbonyl (C=O) groups is 1. The summed E-state index contributed by atoms with van der Waals surface area (Å²) in [5, 5.41) is 8.83. The maximum atomic E-state index is 10.9. The van der Waals surface area contributed by atoms with Crippen LogP contribution in [0.2, 0.25) is 0 Å². The van der Waals surface area contributed by atoms with E-state index in [0.29, 0.717) is 18.8 Å². The van der Waals surface area contributed by atoms with Crippen LogP contribution in [0.5, 0.6) is 5.75 Å². The molecule has 0 aliphatic heterocycles. The molecule has 0 saturated carbocycles. The molecular formula is C21H21NO3. The molecule has 4 heteroatoms. The summed E-state index contributed by atoms with van der Waals surface area (Å²) in [6.45, 7) is 4.40. The lowest BCUT2D eigenvalue weighted by molar-refractivity contribution is -0.137. The van der Waals surface area contributed by atoms with Crippen molar-refractivity contribution in [3.8, 4) is 22.9 Å². The van der Waals surface area contributed by atoms with Gasteiger partial charge in [-0.3, -0.25) is 0 Å². The third-order valence-corrected chi connectivity index (χ3v) is 3.67. The molecular weight excluding hydrogens is 314 g/mol. The largest absolute Gasteiger partial charge is 0.494 e. The first-order valence-electron chi connectivity index (χ1n) is 8.25. The van der Waals surface area contributed by atoms with Gasteiger partial charge in [-0.2, -0.15) is 5.26 Å². The van der Waals surface area contributed by atoms with Gasteiger partial charge in [0.05, 0.1) is 24.8 Å². The smallest absolute Gasteiger partial charge is 0.330 e. The summed E-state index contributed by atoms with van der Waals surface area (Å²) in [5.41, 5.74) is 2.81. The zero-order valence-corrected chi connectivity index (χ0v) is 14.1. The highest BCUT2D eigenvalue weighted by molar-refractivity contribution is 5.81. The van der Waals surface area contributed by atoms with E-state index in [-0.39, 0.29) is 5.97 Å². The number of ether oxygens (including phenoxy) is 2. The van der Waals surface area contributed by atoms with Gasteiger partial charge in [-0.1, -0.05) is 30.8 Å². The molecule has 0 atom stereocenters. The van der Waals surface area contributed by atoms with Gasteiger partial charge in [-0.15, -0.1) is 0 Å². The van der Waals surface area contributed by atoms with Gasteiger partial charge >= 0.3 is 5.97 Å². The molecule has 25 heavy (non-hydrogen) atoms. The van der Waals surface area contributed by atoms with Gasteiger partial charge in [0.2, 0.25) is 0 Å². The van der Waals surface area contributed by atoms with E-state index >= 15 is 0 Å². The first-order valence-corrected chi connectivity index (χ1v) is 8.25. The van der Waals surface area contributed by atoms with Gasteiger partial charge in [-0.05, 0) is 54.7 Å². The van der Waals surface area contributed by atoms with Gasteiger partial charge < -0.3 is 9.47 Å². The molecule has 0 fully saturated rings. The van der Waals surface area contributed by atoms with E-state index < -0.39 is 0 Å². The molecule has 0 heterocycles. The third-order valence-electron chi connectivity index (χ3n) is 3.67. The van der Waals surface area contributed by atoms with Crippen LogP contribution < -0.4 is 4.74 Å². The van der Waals surface area contributed by atoms with E-state index in [2.05, 4.69) is 12.6 Å². The Kier molecular flexibility index (Phi) is 7.27. The summed E-state index contributed by atoms with van der Waals surface area (Å²) in [6.07, 6.45) is 3.84. The molecule has 0 amide bonds. The summed E-state index contributed by atoms with van der Waals surface area (Å²) >= 11 is 0. The Morgan fingerprint density at radius 1 is 0.960 bits per heavy atom. The number of nitrogens with zero attached hydrogens (tertiary/aromatic N) is 1. The van der Waals surface area contributed by atoms with Crippen molar-refractivity contribution in [2.45, 2.75) is 19.3 Å². The Morgan fingerprint density at radius 2 is 1.56 bits per heavy atom.